The second-order valence-corrected chi connectivity index (χ2v) is 7.62. The molecule has 4 rings (SSSR count). The van der Waals surface area contributed by atoms with Gasteiger partial charge in [0.05, 0.1) is 24.5 Å². The summed E-state index contributed by atoms with van der Waals surface area (Å²) >= 11 is 0. The third kappa shape index (κ3) is 3.98. The average molecular weight is 446 g/mol. The molecule has 2 N–H and O–H groups in total. The van der Waals surface area contributed by atoms with Crippen molar-refractivity contribution in [2.45, 2.75) is 19.9 Å². The third-order valence-corrected chi connectivity index (χ3v) is 5.31. The summed E-state index contributed by atoms with van der Waals surface area (Å²) in [5, 5.41) is 13.9. The van der Waals surface area contributed by atoms with Crippen molar-refractivity contribution in [2.24, 2.45) is 0 Å². The second-order valence-electron chi connectivity index (χ2n) is 7.62. The molecule has 2 aromatic carbocycles. The second kappa shape index (κ2) is 8.66. The maximum absolute atomic E-state index is 13.2. The molecule has 0 saturated carbocycles. The summed E-state index contributed by atoms with van der Waals surface area (Å²) in [6.45, 7) is 3.21. The molecule has 3 aromatic rings. The fourth-order valence-corrected chi connectivity index (χ4v) is 3.90. The Morgan fingerprint density at radius 2 is 1.91 bits per heavy atom. The Morgan fingerprint density at radius 3 is 2.58 bits per heavy atom. The van der Waals surface area contributed by atoms with Gasteiger partial charge in [-0.25, -0.2) is 0 Å². The maximum Gasteiger partial charge on any atom is 0.300 e. The van der Waals surface area contributed by atoms with Crippen molar-refractivity contribution in [3.8, 4) is 5.75 Å². The number of aryl methyl sites for hydroxylation is 1. The van der Waals surface area contributed by atoms with E-state index in [4.69, 9.17) is 9.15 Å². The van der Waals surface area contributed by atoms with Crippen LogP contribution >= 0.6 is 0 Å². The molecule has 1 unspecified atom stereocenters. The van der Waals surface area contributed by atoms with E-state index < -0.39 is 17.7 Å². The van der Waals surface area contributed by atoms with Gasteiger partial charge in [0.2, 0.25) is 5.91 Å². The van der Waals surface area contributed by atoms with Crippen LogP contribution in [0.25, 0.3) is 5.76 Å². The highest BCUT2D eigenvalue weighted by atomic mass is 16.5. The molecule has 1 aromatic heterocycles. The predicted octanol–water partition coefficient (Wildman–Crippen LogP) is 4.18. The van der Waals surface area contributed by atoms with Gasteiger partial charge in [0.25, 0.3) is 11.7 Å². The molecule has 1 saturated heterocycles. The van der Waals surface area contributed by atoms with Gasteiger partial charge in [-0.2, -0.15) is 0 Å². The lowest BCUT2D eigenvalue weighted by Crippen LogP contribution is -2.29. The Labute approximate surface area is 190 Å². The van der Waals surface area contributed by atoms with Crippen LogP contribution in [-0.4, -0.2) is 29.8 Å². The first-order valence-electron chi connectivity index (χ1n) is 10.2. The SMILES string of the molecule is COc1ccc(C)cc1/C(O)=C1/C(=O)C(=O)N(c2cccc(NC(C)=O)c2)C1c1ccco1. The molecular weight excluding hydrogens is 424 g/mol. The molecule has 1 atom stereocenters. The van der Waals surface area contributed by atoms with Crippen molar-refractivity contribution in [2.75, 3.05) is 17.3 Å². The molecule has 168 valence electrons. The monoisotopic (exact) mass is 446 g/mol. The minimum absolute atomic E-state index is 0.121. The lowest BCUT2D eigenvalue weighted by Gasteiger charge is -2.24. The lowest BCUT2D eigenvalue weighted by molar-refractivity contribution is -0.132. The van der Waals surface area contributed by atoms with Crippen molar-refractivity contribution < 1.29 is 28.6 Å². The molecule has 0 aliphatic carbocycles. The van der Waals surface area contributed by atoms with Gasteiger partial charge in [0.15, 0.2) is 0 Å². The molecule has 0 bridgehead atoms. The number of anilines is 2. The molecule has 0 radical (unpaired) electrons. The van der Waals surface area contributed by atoms with E-state index in [-0.39, 0.29) is 17.2 Å². The number of aliphatic hydroxyl groups is 1. The first-order valence-corrected chi connectivity index (χ1v) is 10.2. The van der Waals surface area contributed by atoms with Crippen LogP contribution in [0.2, 0.25) is 0 Å². The van der Waals surface area contributed by atoms with Crippen LogP contribution in [0, 0.1) is 6.92 Å². The van der Waals surface area contributed by atoms with Crippen molar-refractivity contribution >= 4 is 34.7 Å². The van der Waals surface area contributed by atoms with Gasteiger partial charge in [-0.05, 0) is 49.4 Å². The molecule has 1 fully saturated rings. The zero-order valence-electron chi connectivity index (χ0n) is 18.3. The molecule has 2 amide bonds. The predicted molar refractivity (Wildman–Crippen MR) is 122 cm³/mol. The summed E-state index contributed by atoms with van der Waals surface area (Å²) < 4.78 is 10.9. The normalized spacial score (nSPS) is 17.3. The van der Waals surface area contributed by atoms with Crippen LogP contribution < -0.4 is 15.0 Å². The van der Waals surface area contributed by atoms with Gasteiger partial charge in [-0.1, -0.05) is 17.7 Å². The molecule has 1 aliphatic heterocycles. The number of carbonyl (C=O) groups excluding carboxylic acids is 3. The van der Waals surface area contributed by atoms with E-state index in [1.165, 1.54) is 25.2 Å². The van der Waals surface area contributed by atoms with Gasteiger partial charge in [-0.15, -0.1) is 0 Å². The number of aliphatic hydroxyl groups excluding tert-OH is 1. The number of methoxy groups -OCH3 is 1. The van der Waals surface area contributed by atoms with E-state index in [9.17, 15) is 19.5 Å². The van der Waals surface area contributed by atoms with E-state index in [1.807, 2.05) is 13.0 Å². The van der Waals surface area contributed by atoms with Crippen LogP contribution in [0.1, 0.15) is 29.9 Å². The van der Waals surface area contributed by atoms with Crippen molar-refractivity contribution in [1.82, 2.24) is 0 Å². The number of Topliss-reactive ketones (excluding diaryl/α,β-unsaturated/α-hetero) is 1. The van der Waals surface area contributed by atoms with Crippen LogP contribution in [0.4, 0.5) is 11.4 Å². The maximum atomic E-state index is 13.2. The van der Waals surface area contributed by atoms with Crippen molar-refractivity contribution in [1.29, 1.82) is 0 Å². The molecule has 0 spiro atoms. The summed E-state index contributed by atoms with van der Waals surface area (Å²) in [6.07, 6.45) is 1.43. The first-order chi connectivity index (χ1) is 15.8. The van der Waals surface area contributed by atoms with Gasteiger partial charge < -0.3 is 19.6 Å². The van der Waals surface area contributed by atoms with E-state index in [0.29, 0.717) is 28.4 Å². The van der Waals surface area contributed by atoms with Gasteiger partial charge in [-0.3, -0.25) is 19.3 Å². The van der Waals surface area contributed by atoms with E-state index >= 15 is 0 Å². The Kier molecular flexibility index (Phi) is 5.74. The number of furan rings is 1. The zero-order valence-corrected chi connectivity index (χ0v) is 18.3. The number of hydrogen-bond acceptors (Lipinski definition) is 6. The number of nitrogens with zero attached hydrogens (tertiary/aromatic N) is 1. The first kappa shape index (κ1) is 21.9. The quantitative estimate of drug-likeness (QED) is 0.346. The number of carbonyl (C=O) groups is 3. The third-order valence-electron chi connectivity index (χ3n) is 5.31. The molecule has 2 heterocycles. The standard InChI is InChI=1S/C25H22N2O6/c1-14-9-10-19(32-3)18(12-14)23(29)21-22(20-8-5-11-33-20)27(25(31)24(21)30)17-7-4-6-16(13-17)26-15(2)28/h4-13,22,29H,1-3H3,(H,26,28)/b23-21-. The van der Waals surface area contributed by atoms with E-state index in [2.05, 4.69) is 5.32 Å². The van der Waals surface area contributed by atoms with E-state index in [0.717, 1.165) is 5.56 Å². The topological polar surface area (TPSA) is 109 Å². The fourth-order valence-electron chi connectivity index (χ4n) is 3.90. The number of ether oxygens (including phenoxy) is 1. The minimum atomic E-state index is -1.02. The van der Waals surface area contributed by atoms with Crippen molar-refractivity contribution in [3.05, 3.63) is 83.3 Å². The van der Waals surface area contributed by atoms with Crippen LogP contribution in [0.15, 0.2) is 70.9 Å². The fraction of sp³-hybridized carbons (Fsp3) is 0.160. The van der Waals surface area contributed by atoms with Crippen LogP contribution in [0.3, 0.4) is 0 Å². The Hall–Kier alpha value is -4.33. The van der Waals surface area contributed by atoms with Gasteiger partial charge in [0, 0.05) is 18.3 Å². The molecule has 8 heteroatoms. The average Bonchev–Trinajstić information content (AvgIpc) is 3.40. The summed E-state index contributed by atoms with van der Waals surface area (Å²) in [4.78, 5) is 39.1. The number of nitrogens with one attached hydrogen (secondary N) is 1. The molecule has 33 heavy (non-hydrogen) atoms. The number of benzene rings is 2. The lowest BCUT2D eigenvalue weighted by atomic mass is 9.97. The Balaban J connectivity index is 1.92. The van der Waals surface area contributed by atoms with Crippen LogP contribution in [0.5, 0.6) is 5.75 Å². The molecule has 1 aliphatic rings. The Morgan fingerprint density at radius 1 is 1.12 bits per heavy atom. The molecular formula is C25H22N2O6. The highest BCUT2D eigenvalue weighted by molar-refractivity contribution is 6.51. The number of ketones is 1. The van der Waals surface area contributed by atoms with Gasteiger partial charge in [0.1, 0.15) is 23.3 Å². The smallest absolute Gasteiger partial charge is 0.300 e. The minimum Gasteiger partial charge on any atom is -0.507 e. The number of amides is 2. The zero-order chi connectivity index (χ0) is 23.7. The summed E-state index contributed by atoms with van der Waals surface area (Å²) in [7, 11) is 1.46. The summed E-state index contributed by atoms with van der Waals surface area (Å²) in [5.74, 6) is -1.67. The summed E-state index contributed by atoms with van der Waals surface area (Å²) in [6, 6.07) is 14.0. The highest BCUT2D eigenvalue weighted by Crippen LogP contribution is 2.43. The molecule has 8 nitrogen and oxygen atoms in total. The number of hydrogen-bond donors (Lipinski definition) is 2. The highest BCUT2D eigenvalue weighted by Gasteiger charge is 2.48. The number of rotatable bonds is 5. The summed E-state index contributed by atoms with van der Waals surface area (Å²) in [5.41, 5.74) is 1.83. The van der Waals surface area contributed by atoms with Crippen molar-refractivity contribution in [3.63, 3.8) is 0 Å². The Bertz CT molecular complexity index is 1280. The van der Waals surface area contributed by atoms with E-state index in [1.54, 1.807) is 48.5 Å². The van der Waals surface area contributed by atoms with Gasteiger partial charge >= 0.3 is 0 Å². The van der Waals surface area contributed by atoms with Crippen LogP contribution in [-0.2, 0) is 14.4 Å². The largest absolute Gasteiger partial charge is 0.507 e.